The van der Waals surface area contributed by atoms with Crippen LogP contribution in [0.1, 0.15) is 74.9 Å². The van der Waals surface area contributed by atoms with Crippen molar-refractivity contribution in [2.75, 3.05) is 75.2 Å². The van der Waals surface area contributed by atoms with Crippen molar-refractivity contribution in [3.63, 3.8) is 0 Å². The molecule has 0 spiro atoms. The smallest absolute Gasteiger partial charge is 0.359 e. The van der Waals surface area contributed by atoms with Crippen LogP contribution in [0.4, 0.5) is 11.4 Å². The Hall–Kier alpha value is -12.5. The lowest BCUT2D eigenvalue weighted by Gasteiger charge is -2.37. The number of likely N-dealkylation sites (N-methyl/N-ethyl adjacent to an activating group) is 1. The molecule has 29 nitrogen and oxygen atoms in total. The van der Waals surface area contributed by atoms with Gasteiger partial charge in [0.05, 0.1) is 6.61 Å². The van der Waals surface area contributed by atoms with Crippen LogP contribution in [0.3, 0.4) is 0 Å². The topological polar surface area (TPSA) is 386 Å². The van der Waals surface area contributed by atoms with Gasteiger partial charge in [0, 0.05) is 118 Å². The Labute approximate surface area is 668 Å². The molecule has 115 heavy (non-hydrogen) atoms. The number of para-hydroxylation sites is 2. The number of carbonyl (C=O) groups is 10. The molecule has 0 aliphatic carbocycles. The second kappa shape index (κ2) is 49.8. The number of anilines is 2. The number of carboxylic acids is 1. The van der Waals surface area contributed by atoms with Crippen molar-refractivity contribution < 1.29 is 107 Å². The third-order valence-electron chi connectivity index (χ3n) is 17.1. The summed E-state index contributed by atoms with van der Waals surface area (Å²) in [6.07, 6.45) is -10.4. The molecule has 0 unspecified atom stereocenters. The third-order valence-corrected chi connectivity index (χ3v) is 17.1. The number of aliphatic hydroxyl groups excluding tert-OH is 3. The number of amides is 3. The van der Waals surface area contributed by atoms with Gasteiger partial charge >= 0.3 is 41.8 Å². The number of rotatable bonds is 27. The molecule has 6 atom stereocenters. The Kier molecular flexibility index (Phi) is 39.5. The lowest BCUT2D eigenvalue weighted by atomic mass is 10.1. The van der Waals surface area contributed by atoms with E-state index in [0.29, 0.717) is 56.6 Å². The van der Waals surface area contributed by atoms with Gasteiger partial charge < -0.3 is 94.2 Å². The minimum Gasteiger partial charge on any atom is -0.508 e. The van der Waals surface area contributed by atoms with E-state index in [2.05, 4.69) is 77.2 Å². The maximum absolute atomic E-state index is 13.0. The quantitative estimate of drug-likeness (QED) is 0.0143. The number of piperazine rings is 2. The van der Waals surface area contributed by atoms with Crippen molar-refractivity contribution in [2.24, 2.45) is 0 Å². The lowest BCUT2D eigenvalue weighted by Crippen LogP contribution is -2.55. The van der Waals surface area contributed by atoms with E-state index in [0.717, 1.165) is 100 Å². The van der Waals surface area contributed by atoms with Crippen LogP contribution < -0.4 is 35.2 Å². The molecule has 8 N–H and O–H groups in total. The highest BCUT2D eigenvalue weighted by molar-refractivity contribution is 6.01. The fourth-order valence-electron chi connectivity index (χ4n) is 11.1. The second-order valence-corrected chi connectivity index (χ2v) is 25.8. The number of phenolic OH excluding ortho intramolecular Hbond substituents is 1. The molecule has 3 fully saturated rings. The zero-order chi connectivity index (χ0) is 83.4. The van der Waals surface area contributed by atoms with Crippen molar-refractivity contribution in [3.05, 3.63) is 258 Å². The summed E-state index contributed by atoms with van der Waals surface area (Å²) in [6.45, 7) is 17.7. The number of phenols is 1. The number of aliphatic carboxylic acids is 1. The van der Waals surface area contributed by atoms with Gasteiger partial charge in [0.2, 0.25) is 24.4 Å². The number of aliphatic hydroxyl groups is 3. The molecule has 29 heteroatoms. The molecule has 612 valence electrons. The molecule has 3 amide bonds. The molecule has 0 radical (unpaired) electrons. The van der Waals surface area contributed by atoms with E-state index < -0.39 is 96.1 Å². The summed E-state index contributed by atoms with van der Waals surface area (Å²) >= 11 is 0. The first-order valence-electron chi connectivity index (χ1n) is 37.2. The van der Waals surface area contributed by atoms with E-state index >= 15 is 0 Å². The van der Waals surface area contributed by atoms with Gasteiger partial charge in [-0.25, -0.2) is 14.4 Å². The van der Waals surface area contributed by atoms with Crippen LogP contribution in [0.5, 0.6) is 17.2 Å². The molecule has 0 aromatic heterocycles. The summed E-state index contributed by atoms with van der Waals surface area (Å²) in [5.74, 6) is -7.58. The first-order chi connectivity index (χ1) is 55.4. The van der Waals surface area contributed by atoms with Crippen LogP contribution in [0, 0.1) is 0 Å². The Bertz CT molecular complexity index is 4240. The Morgan fingerprint density at radius 1 is 0.496 bits per heavy atom. The Balaban J connectivity index is 0.000000234. The number of aromatic hydroxyl groups is 1. The number of ether oxygens (including phenoxy) is 7. The van der Waals surface area contributed by atoms with Gasteiger partial charge in [-0.3, -0.25) is 33.6 Å². The normalized spacial score (nSPS) is 14.9. The number of nitrogens with zero attached hydrogens (tertiary/aromatic N) is 4. The first kappa shape index (κ1) is 91.3. The predicted octanol–water partition coefficient (Wildman–Crippen LogP) is 7.22. The van der Waals surface area contributed by atoms with Gasteiger partial charge in [0.15, 0.2) is 12.2 Å². The van der Waals surface area contributed by atoms with E-state index in [-0.39, 0.29) is 26.2 Å². The molecule has 11 rings (SSSR count). The van der Waals surface area contributed by atoms with E-state index in [1.807, 2.05) is 133 Å². The maximum atomic E-state index is 13.0. The highest BCUT2D eigenvalue weighted by Gasteiger charge is 2.49. The van der Waals surface area contributed by atoms with Gasteiger partial charge in [-0.2, -0.15) is 0 Å². The van der Waals surface area contributed by atoms with Crippen LogP contribution in [0.15, 0.2) is 224 Å². The molecular formula is C86H101N7O22. The number of cyclic esters (lactones) is 2. The van der Waals surface area contributed by atoms with Crippen LogP contribution >= 0.6 is 0 Å². The third kappa shape index (κ3) is 33.0. The fraction of sp³-hybridized carbons (Fsp3) is 0.326. The summed E-state index contributed by atoms with van der Waals surface area (Å²) in [5, 5.41) is 56.7. The Morgan fingerprint density at radius 3 is 1.31 bits per heavy atom. The van der Waals surface area contributed by atoms with Gasteiger partial charge in [-0.15, -0.1) is 0 Å². The number of benzene rings is 8. The van der Waals surface area contributed by atoms with Gasteiger partial charge in [0.25, 0.3) is 17.7 Å². The van der Waals surface area contributed by atoms with Crippen molar-refractivity contribution >= 4 is 70.9 Å². The zero-order valence-corrected chi connectivity index (χ0v) is 65.1. The number of esters is 6. The molecule has 3 heterocycles. The van der Waals surface area contributed by atoms with Crippen molar-refractivity contribution in [1.29, 1.82) is 0 Å². The van der Waals surface area contributed by atoms with Crippen molar-refractivity contribution in [1.82, 2.24) is 25.8 Å². The summed E-state index contributed by atoms with van der Waals surface area (Å²) in [7, 11) is 0. The van der Waals surface area contributed by atoms with Crippen LogP contribution in [-0.4, -0.2) is 197 Å². The standard InChI is InChI=1S/C28H31N3O5.C24H27NO8.C10H14N2.C9H13NO.C8H8O7.C7H8O/c32-25(26(33)28(35)31-17-15-30(16-18-31)23-9-5-2-6-10-23)27(34)29-19-21-11-13-24(14-12-21)36-20-22-7-3-1-4-8-22;1-4-25(23(28)21(32-16(2)26)22(24(29)30)33-17(3)27)14-18-10-12-20(13-11-18)31-15-19-8-6-5-7-9-19;1-2-4-10(5-3-1)12-8-6-11-7-9-12;1-2-10-7-8-3-5-9(11)6-4-8;1-3(9)13-5-6(14-4(2)10)8(12)15-7(5)11;8-6-7-4-2-1-3-5-7/h1-14,25-26,32-33H,15-20H2,(H,29,34);5-13,21-22H,4,14-15H2,1-3H3,(H,29,30);1-5,11H,6-9H2;3-6,10-11H,2,7H2,1H3;5-6H,1-2H3;1-5,8H,6H2/t25-,26-;21-,22-;;;5-,6+;/m11..../s1. The van der Waals surface area contributed by atoms with Crippen molar-refractivity contribution in [3.8, 4) is 17.2 Å². The van der Waals surface area contributed by atoms with Crippen LogP contribution in [0.2, 0.25) is 0 Å². The zero-order valence-electron chi connectivity index (χ0n) is 65.1. The average molecular weight is 1580 g/mol. The monoisotopic (exact) mass is 1580 g/mol. The molecule has 0 bridgehead atoms. The predicted molar refractivity (Wildman–Crippen MR) is 425 cm³/mol. The SMILES string of the molecule is CC(=O)O[C@@H]1C(=O)OC(=O)[C@@H]1OC(C)=O.CCN(Cc1ccc(OCc2ccccc2)cc1)C(=O)[C@H](OC(C)=O)[C@@H](OC(C)=O)C(=O)O.CCNCc1ccc(O)cc1.O=C(NCc1ccc(OCc2ccccc2)cc1)[C@H](O)[C@@H](O)C(=O)N1CCN(c2ccccc2)CC1.OCc1ccccc1.c1ccc(N2CCNCC2)cc1. The summed E-state index contributed by atoms with van der Waals surface area (Å²) in [4.78, 5) is 123. The van der Waals surface area contributed by atoms with Gasteiger partial charge in [-0.05, 0) is 108 Å². The first-order valence-corrected chi connectivity index (χ1v) is 37.2. The number of hydrogen-bond donors (Lipinski definition) is 8. The summed E-state index contributed by atoms with van der Waals surface area (Å²) < 4.78 is 34.3. The summed E-state index contributed by atoms with van der Waals surface area (Å²) in [5.41, 5.74) is 8.21. The molecule has 3 saturated heterocycles. The fourth-order valence-corrected chi connectivity index (χ4v) is 11.1. The molecule has 8 aromatic carbocycles. The molecular weight excluding hydrogens is 1480 g/mol. The van der Waals surface area contributed by atoms with E-state index in [1.165, 1.54) is 21.1 Å². The number of carbonyl (C=O) groups excluding carboxylic acids is 9. The van der Waals surface area contributed by atoms with Crippen LogP contribution in [0.25, 0.3) is 0 Å². The molecule has 8 aromatic rings. The maximum Gasteiger partial charge on any atom is 0.359 e. The van der Waals surface area contributed by atoms with Gasteiger partial charge in [0.1, 0.15) is 30.5 Å². The van der Waals surface area contributed by atoms with E-state index in [1.54, 1.807) is 67.6 Å². The van der Waals surface area contributed by atoms with E-state index in [9.17, 15) is 63.3 Å². The molecule has 0 saturated carbocycles. The number of carboxylic acid groups (broad SMARTS) is 1. The number of hydrogen-bond acceptors (Lipinski definition) is 25. The van der Waals surface area contributed by atoms with E-state index in [4.69, 9.17) is 29.2 Å². The summed E-state index contributed by atoms with van der Waals surface area (Å²) in [6, 6.07) is 71.0. The largest absolute Gasteiger partial charge is 0.508 e. The highest BCUT2D eigenvalue weighted by atomic mass is 16.7. The molecule has 3 aliphatic heterocycles. The lowest BCUT2D eigenvalue weighted by molar-refractivity contribution is -0.183. The second-order valence-electron chi connectivity index (χ2n) is 25.8. The Morgan fingerprint density at radius 2 is 0.904 bits per heavy atom. The van der Waals surface area contributed by atoms with Crippen molar-refractivity contribution in [2.45, 2.75) is 118 Å². The van der Waals surface area contributed by atoms with Crippen LogP contribution in [-0.2, 0) is 111 Å². The average Bonchev–Trinajstić information content (AvgIpc) is 1.73. The highest BCUT2D eigenvalue weighted by Crippen LogP contribution is 2.22. The van der Waals surface area contributed by atoms with Gasteiger partial charge in [-0.1, -0.05) is 171 Å². The number of nitrogens with one attached hydrogen (secondary N) is 3. The minimum absolute atomic E-state index is 0.123. The molecule has 3 aliphatic rings. The minimum atomic E-state index is -1.96.